The van der Waals surface area contributed by atoms with Crippen LogP contribution in [-0.4, -0.2) is 17.4 Å². The molecule has 1 heterocycles. The summed E-state index contributed by atoms with van der Waals surface area (Å²) >= 11 is 0. The lowest BCUT2D eigenvalue weighted by Gasteiger charge is -2.24. The van der Waals surface area contributed by atoms with E-state index >= 15 is 0 Å². The molecule has 1 rings (SSSR count). The molecule has 0 N–H and O–H groups in total. The molecule has 0 aromatic carbocycles. The molecular formula is C16H30O4. The van der Waals surface area contributed by atoms with E-state index in [2.05, 4.69) is 6.92 Å². The maximum absolute atomic E-state index is 12.2. The molecule has 1 atom stereocenters. The molecule has 1 saturated heterocycles. The summed E-state index contributed by atoms with van der Waals surface area (Å²) in [7, 11) is 0. The molecule has 0 aliphatic carbocycles. The lowest BCUT2D eigenvalue weighted by molar-refractivity contribution is -0.160. The van der Waals surface area contributed by atoms with Gasteiger partial charge in [-0.2, -0.15) is 9.78 Å². The van der Waals surface area contributed by atoms with E-state index < -0.39 is 5.60 Å². The van der Waals surface area contributed by atoms with E-state index in [0.29, 0.717) is 0 Å². The summed E-state index contributed by atoms with van der Waals surface area (Å²) in [5, 5.41) is 0. The molecular weight excluding hydrogens is 256 g/mol. The van der Waals surface area contributed by atoms with E-state index in [0.717, 1.165) is 44.9 Å². The van der Waals surface area contributed by atoms with Gasteiger partial charge in [0.2, 0.25) is 5.79 Å². The van der Waals surface area contributed by atoms with Crippen LogP contribution in [0.25, 0.3) is 0 Å². The van der Waals surface area contributed by atoms with Crippen molar-refractivity contribution in [1.82, 2.24) is 0 Å². The highest BCUT2D eigenvalue weighted by molar-refractivity contribution is 5.72. The van der Waals surface area contributed by atoms with Gasteiger partial charge in [-0.05, 0) is 47.0 Å². The summed E-state index contributed by atoms with van der Waals surface area (Å²) in [4.78, 5) is 22.0. The van der Waals surface area contributed by atoms with E-state index in [9.17, 15) is 4.79 Å². The molecule has 1 aliphatic rings. The van der Waals surface area contributed by atoms with Gasteiger partial charge in [-0.25, -0.2) is 0 Å². The molecule has 4 nitrogen and oxygen atoms in total. The summed E-state index contributed by atoms with van der Waals surface area (Å²) < 4.78 is 5.52. The number of hydrogen-bond donors (Lipinski definition) is 0. The van der Waals surface area contributed by atoms with Gasteiger partial charge in [0.1, 0.15) is 5.60 Å². The Bertz CT molecular complexity index is 302. The van der Waals surface area contributed by atoms with Crippen molar-refractivity contribution in [3.8, 4) is 0 Å². The van der Waals surface area contributed by atoms with Gasteiger partial charge in [0, 0.05) is 6.42 Å². The first-order chi connectivity index (χ1) is 9.26. The summed E-state index contributed by atoms with van der Waals surface area (Å²) in [6, 6.07) is 0. The fourth-order valence-electron chi connectivity index (χ4n) is 2.21. The number of carbonyl (C=O) groups is 1. The number of rotatable bonds is 9. The van der Waals surface area contributed by atoms with Crippen molar-refractivity contribution >= 4 is 5.97 Å². The topological polar surface area (TPSA) is 51.4 Å². The van der Waals surface area contributed by atoms with Crippen LogP contribution in [0.4, 0.5) is 0 Å². The van der Waals surface area contributed by atoms with E-state index in [-0.39, 0.29) is 17.7 Å². The predicted molar refractivity (Wildman–Crippen MR) is 77.9 cm³/mol. The van der Waals surface area contributed by atoms with Crippen molar-refractivity contribution in [3.63, 3.8) is 0 Å². The third kappa shape index (κ3) is 7.25. The van der Waals surface area contributed by atoms with Crippen molar-refractivity contribution in [2.45, 2.75) is 91.0 Å². The second-order valence-corrected chi connectivity index (χ2v) is 6.92. The molecule has 20 heavy (non-hydrogen) atoms. The van der Waals surface area contributed by atoms with Gasteiger partial charge in [0.25, 0.3) is 0 Å². The Balaban J connectivity index is 2.32. The van der Waals surface area contributed by atoms with Crippen molar-refractivity contribution in [3.05, 3.63) is 0 Å². The fraction of sp³-hybridized carbons (Fsp3) is 0.938. The van der Waals surface area contributed by atoms with Gasteiger partial charge < -0.3 is 4.74 Å². The minimum atomic E-state index is -0.398. The zero-order chi connectivity index (χ0) is 15.2. The van der Waals surface area contributed by atoms with Crippen LogP contribution in [0.2, 0.25) is 0 Å². The number of ether oxygens (including phenoxy) is 1. The lowest BCUT2D eigenvalue weighted by Crippen LogP contribution is -2.28. The Morgan fingerprint density at radius 2 is 1.75 bits per heavy atom. The Labute approximate surface area is 123 Å². The van der Waals surface area contributed by atoms with E-state index in [1.165, 1.54) is 0 Å². The highest BCUT2D eigenvalue weighted by atomic mass is 17.4. The third-order valence-corrected chi connectivity index (χ3v) is 3.45. The maximum Gasteiger partial charge on any atom is 0.309 e. The lowest BCUT2D eigenvalue weighted by atomic mass is 9.94. The van der Waals surface area contributed by atoms with Crippen LogP contribution in [-0.2, 0) is 19.3 Å². The van der Waals surface area contributed by atoms with Crippen molar-refractivity contribution in [1.29, 1.82) is 0 Å². The quantitative estimate of drug-likeness (QED) is 0.273. The molecule has 0 saturated carbocycles. The van der Waals surface area contributed by atoms with Gasteiger partial charge in [-0.3, -0.25) is 4.79 Å². The summed E-state index contributed by atoms with van der Waals surface area (Å²) in [6.07, 6.45) is 6.92. The van der Waals surface area contributed by atoms with Gasteiger partial charge in [0.05, 0.1) is 5.92 Å². The minimum absolute atomic E-state index is 0.0306. The zero-order valence-corrected chi connectivity index (χ0v) is 13.7. The number of unbranched alkanes of at least 4 members (excludes halogenated alkanes) is 2. The van der Waals surface area contributed by atoms with Gasteiger partial charge in [-0.1, -0.05) is 26.2 Å². The standard InChI is InChI=1S/C16H30O4/c1-6-7-10-13(14(17)18-15(2,3)4)11-8-9-12-16(5)19-20-16/h13H,6-12H2,1-5H3. The van der Waals surface area contributed by atoms with Crippen molar-refractivity contribution < 1.29 is 19.3 Å². The smallest absolute Gasteiger partial charge is 0.309 e. The van der Waals surface area contributed by atoms with Crippen molar-refractivity contribution in [2.75, 3.05) is 0 Å². The van der Waals surface area contributed by atoms with Crippen molar-refractivity contribution in [2.24, 2.45) is 5.92 Å². The zero-order valence-electron chi connectivity index (χ0n) is 13.7. The first-order valence-electron chi connectivity index (χ1n) is 7.85. The van der Waals surface area contributed by atoms with Crippen LogP contribution in [0, 0.1) is 5.92 Å². The molecule has 0 aromatic rings. The van der Waals surface area contributed by atoms with Crippen LogP contribution in [0.3, 0.4) is 0 Å². The highest BCUT2D eigenvalue weighted by Crippen LogP contribution is 2.34. The van der Waals surface area contributed by atoms with E-state index in [4.69, 9.17) is 14.5 Å². The Morgan fingerprint density at radius 3 is 2.25 bits per heavy atom. The second kappa shape index (κ2) is 7.41. The van der Waals surface area contributed by atoms with Gasteiger partial charge >= 0.3 is 5.97 Å². The van der Waals surface area contributed by atoms with Crippen LogP contribution < -0.4 is 0 Å². The summed E-state index contributed by atoms with van der Waals surface area (Å²) in [5.74, 6) is -0.371. The second-order valence-electron chi connectivity index (χ2n) is 6.92. The van der Waals surface area contributed by atoms with Crippen LogP contribution in [0.15, 0.2) is 0 Å². The SMILES string of the molecule is CCCCC(CCCCC1(C)OO1)C(=O)OC(C)(C)C. The Morgan fingerprint density at radius 1 is 1.15 bits per heavy atom. The molecule has 0 radical (unpaired) electrons. The van der Waals surface area contributed by atoms with Crippen LogP contribution >= 0.6 is 0 Å². The first-order valence-corrected chi connectivity index (χ1v) is 7.85. The number of esters is 1. The molecule has 0 spiro atoms. The van der Waals surface area contributed by atoms with Gasteiger partial charge in [-0.15, -0.1) is 0 Å². The number of hydrogen-bond acceptors (Lipinski definition) is 4. The third-order valence-electron chi connectivity index (χ3n) is 3.45. The summed E-state index contributed by atoms with van der Waals surface area (Å²) in [5.41, 5.74) is -0.398. The van der Waals surface area contributed by atoms with Gasteiger partial charge in [0.15, 0.2) is 0 Å². The molecule has 1 aliphatic heterocycles. The average Bonchev–Trinajstić information content (AvgIpc) is 3.04. The fourth-order valence-corrected chi connectivity index (χ4v) is 2.21. The summed E-state index contributed by atoms with van der Waals surface area (Å²) in [6.45, 7) is 9.85. The maximum atomic E-state index is 12.2. The Kier molecular flexibility index (Phi) is 6.46. The molecule has 0 aromatic heterocycles. The van der Waals surface area contributed by atoms with E-state index in [1.807, 2.05) is 27.7 Å². The predicted octanol–water partition coefficient (Wildman–Crippen LogP) is 4.37. The van der Waals surface area contributed by atoms with Crippen LogP contribution in [0.1, 0.15) is 79.6 Å². The minimum Gasteiger partial charge on any atom is -0.460 e. The largest absolute Gasteiger partial charge is 0.460 e. The molecule has 118 valence electrons. The normalized spacial score (nSPS) is 18.6. The monoisotopic (exact) mass is 286 g/mol. The van der Waals surface area contributed by atoms with Crippen LogP contribution in [0.5, 0.6) is 0 Å². The van der Waals surface area contributed by atoms with E-state index in [1.54, 1.807) is 0 Å². The molecule has 4 heteroatoms. The molecule has 1 unspecified atom stereocenters. The average molecular weight is 286 g/mol. The first kappa shape index (κ1) is 17.4. The molecule has 0 bridgehead atoms. The number of carbonyl (C=O) groups excluding carboxylic acids is 1. The molecule has 0 amide bonds. The highest BCUT2D eigenvalue weighted by Gasteiger charge is 2.42. The Hall–Kier alpha value is -0.610. The molecule has 1 fully saturated rings.